The number of aryl methyl sites for hydroxylation is 2. The largest absolute Gasteiger partial charge is 0.478 e. The molecule has 0 radical (unpaired) electrons. The molecule has 0 aliphatic carbocycles. The lowest BCUT2D eigenvalue weighted by Gasteiger charge is -2.19. The minimum absolute atomic E-state index is 0. The van der Waals surface area contributed by atoms with Crippen molar-refractivity contribution in [2.75, 3.05) is 0 Å². The number of carbonyl (C=O) groups is 1. The van der Waals surface area contributed by atoms with Gasteiger partial charge in [-0.05, 0) is 42.4 Å². The third-order valence-electron chi connectivity index (χ3n) is 4.24. The second kappa shape index (κ2) is 8.97. The molecule has 0 bridgehead atoms. The van der Waals surface area contributed by atoms with Crippen LogP contribution in [0.3, 0.4) is 0 Å². The Labute approximate surface area is 155 Å². The summed E-state index contributed by atoms with van der Waals surface area (Å²) in [5.74, 6) is -0.534. The molecule has 25 heavy (non-hydrogen) atoms. The van der Waals surface area contributed by atoms with Gasteiger partial charge < -0.3 is 10.8 Å². The third-order valence-corrected chi connectivity index (χ3v) is 4.24. The maximum atomic E-state index is 11.9. The van der Waals surface area contributed by atoms with Crippen molar-refractivity contribution in [3.05, 3.63) is 52.3 Å². The first-order chi connectivity index (χ1) is 11.4. The molecule has 1 aromatic carbocycles. The van der Waals surface area contributed by atoms with Gasteiger partial charge in [0.15, 0.2) is 0 Å². The van der Waals surface area contributed by atoms with Crippen molar-refractivity contribution in [3.63, 3.8) is 0 Å². The summed E-state index contributed by atoms with van der Waals surface area (Å²) in [6, 6.07) is 8.05. The second-order valence-corrected chi connectivity index (χ2v) is 6.53. The van der Waals surface area contributed by atoms with Crippen LogP contribution >= 0.6 is 12.4 Å². The highest BCUT2D eigenvalue weighted by molar-refractivity contribution is 5.98. The maximum Gasteiger partial charge on any atom is 0.338 e. The average molecular weight is 363 g/mol. The first kappa shape index (κ1) is 21.1. The topological polar surface area (TPSA) is 76.2 Å². The standard InChI is InChI=1S/C20H26N2O2.ClH/c1-5-14-6-8-15(9-7-14)19-16(11-21)17(10-12(2)3)22-13(4)18(19)20(23)24;/h6-9,12H,5,10-11,21H2,1-4H3,(H,23,24);1H. The van der Waals surface area contributed by atoms with Gasteiger partial charge in [-0.15, -0.1) is 12.4 Å². The molecule has 0 fully saturated rings. The molecule has 0 saturated heterocycles. The molecule has 1 heterocycles. The molecular formula is C20H27ClN2O2. The van der Waals surface area contributed by atoms with Crippen LogP contribution in [0.1, 0.15) is 53.6 Å². The number of halogens is 1. The monoisotopic (exact) mass is 362 g/mol. The molecule has 0 spiro atoms. The van der Waals surface area contributed by atoms with Crippen molar-refractivity contribution < 1.29 is 9.90 Å². The van der Waals surface area contributed by atoms with Crippen molar-refractivity contribution in [2.45, 2.75) is 47.1 Å². The predicted molar refractivity (Wildman–Crippen MR) is 104 cm³/mol. The molecule has 5 heteroatoms. The molecular weight excluding hydrogens is 336 g/mol. The number of pyridine rings is 1. The lowest BCUT2D eigenvalue weighted by molar-refractivity contribution is 0.0696. The third kappa shape index (κ3) is 4.59. The minimum atomic E-state index is -0.958. The van der Waals surface area contributed by atoms with Gasteiger partial charge in [-0.25, -0.2) is 4.79 Å². The fourth-order valence-corrected chi connectivity index (χ4v) is 3.06. The Hall–Kier alpha value is -1.91. The summed E-state index contributed by atoms with van der Waals surface area (Å²) in [6.07, 6.45) is 1.73. The van der Waals surface area contributed by atoms with Crippen molar-refractivity contribution >= 4 is 18.4 Å². The zero-order chi connectivity index (χ0) is 17.9. The SMILES string of the molecule is CCc1ccc(-c2c(CN)c(CC(C)C)nc(C)c2C(=O)O)cc1.Cl. The highest BCUT2D eigenvalue weighted by Crippen LogP contribution is 2.32. The number of nitrogens with two attached hydrogens (primary N) is 1. The van der Waals surface area contributed by atoms with Crippen LogP contribution in [-0.2, 0) is 19.4 Å². The molecule has 0 aliphatic rings. The van der Waals surface area contributed by atoms with Gasteiger partial charge in [-0.2, -0.15) is 0 Å². The van der Waals surface area contributed by atoms with Gasteiger partial charge in [0.2, 0.25) is 0 Å². The molecule has 0 aliphatic heterocycles. The van der Waals surface area contributed by atoms with Gasteiger partial charge in [0.05, 0.1) is 11.3 Å². The predicted octanol–water partition coefficient (Wildman–Crippen LogP) is 4.40. The Kier molecular flexibility index (Phi) is 7.59. The van der Waals surface area contributed by atoms with E-state index >= 15 is 0 Å². The summed E-state index contributed by atoms with van der Waals surface area (Å²) >= 11 is 0. The number of hydrogen-bond acceptors (Lipinski definition) is 3. The number of benzene rings is 1. The first-order valence-corrected chi connectivity index (χ1v) is 8.44. The van der Waals surface area contributed by atoms with E-state index < -0.39 is 5.97 Å². The molecule has 1 aromatic heterocycles. The molecule has 136 valence electrons. The van der Waals surface area contributed by atoms with Crippen molar-refractivity contribution in [3.8, 4) is 11.1 Å². The molecule has 0 unspecified atom stereocenters. The minimum Gasteiger partial charge on any atom is -0.478 e. The maximum absolute atomic E-state index is 11.9. The van der Waals surface area contributed by atoms with Gasteiger partial charge in [0.25, 0.3) is 0 Å². The zero-order valence-corrected chi connectivity index (χ0v) is 16.1. The number of aromatic carboxylic acids is 1. The molecule has 3 N–H and O–H groups in total. The molecule has 0 atom stereocenters. The van der Waals surface area contributed by atoms with Crippen LogP contribution in [0.2, 0.25) is 0 Å². The van der Waals surface area contributed by atoms with E-state index in [0.29, 0.717) is 11.6 Å². The Morgan fingerprint density at radius 2 is 1.84 bits per heavy atom. The van der Waals surface area contributed by atoms with E-state index in [1.165, 1.54) is 5.56 Å². The fourth-order valence-electron chi connectivity index (χ4n) is 3.06. The number of carboxylic acid groups (broad SMARTS) is 1. The van der Waals surface area contributed by atoms with Gasteiger partial charge in [-0.1, -0.05) is 45.0 Å². The van der Waals surface area contributed by atoms with Crippen LogP contribution in [0, 0.1) is 12.8 Å². The van der Waals surface area contributed by atoms with Gasteiger partial charge in [0, 0.05) is 17.8 Å². The van der Waals surface area contributed by atoms with E-state index in [1.54, 1.807) is 6.92 Å². The summed E-state index contributed by atoms with van der Waals surface area (Å²) in [5, 5.41) is 9.72. The summed E-state index contributed by atoms with van der Waals surface area (Å²) in [4.78, 5) is 16.4. The summed E-state index contributed by atoms with van der Waals surface area (Å²) in [6.45, 7) is 8.38. The summed E-state index contributed by atoms with van der Waals surface area (Å²) < 4.78 is 0. The van der Waals surface area contributed by atoms with E-state index in [1.807, 2.05) is 24.3 Å². The average Bonchev–Trinajstić information content (AvgIpc) is 2.53. The van der Waals surface area contributed by atoms with Crippen LogP contribution in [0.15, 0.2) is 24.3 Å². The van der Waals surface area contributed by atoms with E-state index in [2.05, 4.69) is 25.8 Å². The normalized spacial score (nSPS) is 10.6. The number of carboxylic acids is 1. The van der Waals surface area contributed by atoms with E-state index in [4.69, 9.17) is 5.73 Å². The van der Waals surface area contributed by atoms with E-state index in [9.17, 15) is 9.90 Å². The molecule has 4 nitrogen and oxygen atoms in total. The molecule has 0 saturated carbocycles. The number of hydrogen-bond donors (Lipinski definition) is 2. The van der Waals surface area contributed by atoms with Crippen molar-refractivity contribution in [2.24, 2.45) is 11.7 Å². The second-order valence-electron chi connectivity index (χ2n) is 6.53. The highest BCUT2D eigenvalue weighted by atomic mass is 35.5. The zero-order valence-electron chi connectivity index (χ0n) is 15.3. The Morgan fingerprint density at radius 3 is 2.28 bits per heavy atom. The summed E-state index contributed by atoms with van der Waals surface area (Å²) in [5.41, 5.74) is 11.4. The lowest BCUT2D eigenvalue weighted by atomic mass is 9.89. The fraction of sp³-hybridized carbons (Fsp3) is 0.400. The van der Waals surface area contributed by atoms with E-state index in [0.717, 1.165) is 35.2 Å². The quantitative estimate of drug-likeness (QED) is 0.798. The number of rotatable bonds is 6. The Balaban J connectivity index is 0.00000312. The van der Waals surface area contributed by atoms with Crippen molar-refractivity contribution in [1.29, 1.82) is 0 Å². The lowest BCUT2D eigenvalue weighted by Crippen LogP contribution is -2.15. The molecule has 2 aromatic rings. The summed E-state index contributed by atoms with van der Waals surface area (Å²) in [7, 11) is 0. The van der Waals surface area contributed by atoms with Crippen LogP contribution in [0.5, 0.6) is 0 Å². The smallest absolute Gasteiger partial charge is 0.338 e. The Morgan fingerprint density at radius 1 is 1.24 bits per heavy atom. The van der Waals surface area contributed by atoms with Crippen LogP contribution in [0.25, 0.3) is 11.1 Å². The molecule has 0 amide bonds. The Bertz CT molecular complexity index is 740. The van der Waals surface area contributed by atoms with E-state index in [-0.39, 0.29) is 24.5 Å². The van der Waals surface area contributed by atoms with Crippen LogP contribution in [0.4, 0.5) is 0 Å². The van der Waals surface area contributed by atoms with Crippen LogP contribution in [-0.4, -0.2) is 16.1 Å². The van der Waals surface area contributed by atoms with Gasteiger partial charge in [0.1, 0.15) is 0 Å². The van der Waals surface area contributed by atoms with Crippen molar-refractivity contribution in [1.82, 2.24) is 4.98 Å². The van der Waals surface area contributed by atoms with Gasteiger partial charge >= 0.3 is 5.97 Å². The van der Waals surface area contributed by atoms with Gasteiger partial charge in [-0.3, -0.25) is 4.98 Å². The van der Waals surface area contributed by atoms with Crippen LogP contribution < -0.4 is 5.73 Å². The first-order valence-electron chi connectivity index (χ1n) is 8.44. The molecule has 2 rings (SSSR count). The number of nitrogens with zero attached hydrogens (tertiary/aromatic N) is 1. The highest BCUT2D eigenvalue weighted by Gasteiger charge is 2.23. The number of aromatic nitrogens is 1.